The molecule has 1 aliphatic rings. The molecule has 1 aliphatic heterocycles. The van der Waals surface area contributed by atoms with Crippen LogP contribution in [0, 0.1) is 20.0 Å². The highest BCUT2D eigenvalue weighted by Crippen LogP contribution is 2.47. The Hall–Kier alpha value is -8.80. The van der Waals surface area contributed by atoms with E-state index in [-0.39, 0.29) is 27.5 Å². The predicted octanol–water partition coefficient (Wildman–Crippen LogP) is 17.9. The van der Waals surface area contributed by atoms with Crippen LogP contribution in [0.4, 0.5) is 0 Å². The molecule has 0 unspecified atom stereocenters. The Balaban J connectivity index is 1.08. The molecular weight excluding hydrogens is 913 g/mol. The molecule has 3 aromatic heterocycles. The molecule has 13 rings (SSSR count). The van der Waals surface area contributed by atoms with Crippen molar-refractivity contribution in [1.29, 1.82) is 0 Å². The highest BCUT2D eigenvalue weighted by Gasteiger charge is 2.28. The summed E-state index contributed by atoms with van der Waals surface area (Å²) in [4.78, 5) is 4.91. The summed E-state index contributed by atoms with van der Waals surface area (Å²) >= 11 is 0. The van der Waals surface area contributed by atoms with Crippen LogP contribution in [0.5, 0.6) is 11.5 Å². The molecule has 9 aromatic carbocycles. The summed E-state index contributed by atoms with van der Waals surface area (Å²) < 4.78 is 66.3. The Bertz CT molecular complexity index is 4460. The molecule has 0 bridgehead atoms. The lowest BCUT2D eigenvalue weighted by atomic mass is 9.85. The molecule has 0 N–H and O–H groups in total. The molecule has 4 heterocycles. The van der Waals surface area contributed by atoms with E-state index < -0.39 is 13.7 Å². The number of aromatic nitrogens is 4. The van der Waals surface area contributed by atoms with Crippen molar-refractivity contribution >= 4 is 32.8 Å². The van der Waals surface area contributed by atoms with Gasteiger partial charge in [0.05, 0.1) is 33.4 Å². The van der Waals surface area contributed by atoms with Crippen LogP contribution in [0.2, 0.25) is 0 Å². The second-order valence-electron chi connectivity index (χ2n) is 21.8. The molecule has 0 atom stereocenters. The lowest BCUT2D eigenvalue weighted by molar-refractivity contribution is -0.570. The van der Waals surface area contributed by atoms with Gasteiger partial charge in [-0.25, -0.2) is 4.98 Å². The Morgan fingerprint density at radius 3 is 1.81 bits per heavy atom. The van der Waals surface area contributed by atoms with Gasteiger partial charge in [-0.2, -0.15) is 0 Å². The van der Waals surface area contributed by atoms with Gasteiger partial charge in [0.15, 0.2) is 0 Å². The largest absolute Gasteiger partial charge is 0.458 e. The van der Waals surface area contributed by atoms with Crippen molar-refractivity contribution in [1.82, 2.24) is 14.1 Å². The number of rotatable bonds is 6. The molecule has 0 saturated carbocycles. The standard InChI is InChI=1S/C70H58N4O/c1-44-18-15-19-45(2)66(44)47-38-61-57-25-12-10-23-55(57)54-22-9-11-24-56(54)60-28-17-27-53(46-30-32-48(33-31-46)69(3,4)5)67(60)73-43-72(64(39-47)68(61)73)50-20-16-21-51(41-50)75-52-34-35-59-58-26-13-14-29-62(58)74(63(59)42-52)65-40-49(36-37-71-65)70(6,7)8/h9-42H,1-8H3/i1D3,2D3. The number of benzene rings is 9. The first-order valence-electron chi connectivity index (χ1n) is 28.6. The lowest BCUT2D eigenvalue weighted by Gasteiger charge is -2.21. The number of hydrogen-bond acceptors (Lipinski definition) is 2. The van der Waals surface area contributed by atoms with Crippen LogP contribution < -0.4 is 9.30 Å². The number of nitrogens with zero attached hydrogens (tertiary/aromatic N) is 4. The van der Waals surface area contributed by atoms with E-state index in [1.54, 1.807) is 0 Å². The third kappa shape index (κ3) is 7.76. The Morgan fingerprint density at radius 1 is 0.480 bits per heavy atom. The number of aryl methyl sites for hydroxylation is 2. The van der Waals surface area contributed by atoms with Gasteiger partial charge < -0.3 is 4.74 Å². The minimum atomic E-state index is -2.65. The van der Waals surface area contributed by atoms with Crippen molar-refractivity contribution in [2.45, 2.75) is 66.1 Å². The molecular formula is C70H58N4O. The smallest absolute Gasteiger partial charge is 0.269 e. The summed E-state index contributed by atoms with van der Waals surface area (Å²) in [5.74, 6) is 2.02. The average Bonchev–Trinajstić information content (AvgIpc) is 4.17. The second-order valence-corrected chi connectivity index (χ2v) is 21.8. The number of hydrogen-bond donors (Lipinski definition) is 0. The summed E-state index contributed by atoms with van der Waals surface area (Å²) in [6.07, 6.45) is 5.77. The van der Waals surface area contributed by atoms with Crippen molar-refractivity contribution in [3.8, 4) is 84.3 Å². The van der Waals surface area contributed by atoms with Gasteiger partial charge in [-0.15, -0.1) is 0 Å². The van der Waals surface area contributed by atoms with Crippen LogP contribution >= 0.6 is 0 Å². The van der Waals surface area contributed by atoms with Crippen molar-refractivity contribution in [2.75, 3.05) is 0 Å². The van der Waals surface area contributed by atoms with Crippen LogP contribution in [0.15, 0.2) is 206 Å². The second kappa shape index (κ2) is 17.4. The number of fused-ring (bicyclic) bond motifs is 10. The first-order chi connectivity index (χ1) is 38.7. The van der Waals surface area contributed by atoms with Crippen LogP contribution in [-0.4, -0.2) is 14.1 Å². The molecule has 364 valence electrons. The molecule has 5 nitrogen and oxygen atoms in total. The molecule has 0 saturated heterocycles. The minimum Gasteiger partial charge on any atom is -0.458 e. The fourth-order valence-electron chi connectivity index (χ4n) is 11.2. The maximum Gasteiger partial charge on any atom is 0.269 e. The minimum absolute atomic E-state index is 0.0465. The number of pyridine rings is 1. The van der Waals surface area contributed by atoms with Gasteiger partial charge in [-0.1, -0.05) is 181 Å². The van der Waals surface area contributed by atoms with Gasteiger partial charge in [-0.05, 0) is 157 Å². The zero-order chi connectivity index (χ0) is 56.3. The maximum atomic E-state index is 8.83. The van der Waals surface area contributed by atoms with E-state index in [9.17, 15) is 0 Å². The fourth-order valence-corrected chi connectivity index (χ4v) is 11.2. The van der Waals surface area contributed by atoms with E-state index in [0.29, 0.717) is 28.3 Å². The van der Waals surface area contributed by atoms with Gasteiger partial charge in [-0.3, -0.25) is 13.7 Å². The molecule has 0 spiro atoms. The fraction of sp³-hybridized carbons (Fsp3) is 0.143. The molecule has 0 amide bonds. The predicted molar refractivity (Wildman–Crippen MR) is 310 cm³/mol. The summed E-state index contributed by atoms with van der Waals surface area (Å²) in [5.41, 5.74) is 15.4. The SMILES string of the molecule is [2H]C([2H])([2H])c1cccc(C([2H])([2H])[2H])c1-c1cc2c3c(c1)n(-c1cccc(Oc4ccc5c6ccccc6n(-c6cc(C(C)(C)C)ccn6)c5c4)c1)[c-][n+]3-c1c(-c3ccc(C(C)(C)C)cc3)cccc1-c1ccccc1-c1ccccc1-2. The van der Waals surface area contributed by atoms with Crippen molar-refractivity contribution in [3.05, 3.63) is 235 Å². The molecule has 0 radical (unpaired) electrons. The van der Waals surface area contributed by atoms with Gasteiger partial charge in [0.1, 0.15) is 17.3 Å². The van der Waals surface area contributed by atoms with E-state index in [4.69, 9.17) is 17.9 Å². The summed E-state index contributed by atoms with van der Waals surface area (Å²) in [7, 11) is 0. The third-order valence-electron chi connectivity index (χ3n) is 15.0. The quantitative estimate of drug-likeness (QED) is 0.123. The number of para-hydroxylation sites is 2. The Labute approximate surface area is 448 Å². The average molecular weight is 977 g/mol. The summed E-state index contributed by atoms with van der Waals surface area (Å²) in [6, 6.07) is 67.1. The van der Waals surface area contributed by atoms with E-state index in [1.807, 2.05) is 65.4 Å². The van der Waals surface area contributed by atoms with Crippen LogP contribution in [0.1, 0.15) is 72.0 Å². The van der Waals surface area contributed by atoms with Crippen molar-refractivity contribution in [2.24, 2.45) is 0 Å². The van der Waals surface area contributed by atoms with Gasteiger partial charge in [0.2, 0.25) is 0 Å². The van der Waals surface area contributed by atoms with Crippen molar-refractivity contribution < 1.29 is 17.5 Å². The highest BCUT2D eigenvalue weighted by molar-refractivity contribution is 6.09. The Kier molecular flexibility index (Phi) is 9.22. The topological polar surface area (TPSA) is 35.9 Å². The zero-order valence-electron chi connectivity index (χ0n) is 48.8. The van der Waals surface area contributed by atoms with E-state index in [0.717, 1.165) is 83.3 Å². The number of imidazole rings is 1. The lowest BCUT2D eigenvalue weighted by Crippen LogP contribution is -2.32. The Morgan fingerprint density at radius 2 is 1.09 bits per heavy atom. The molecule has 12 aromatic rings. The first-order valence-corrected chi connectivity index (χ1v) is 25.6. The van der Waals surface area contributed by atoms with Crippen LogP contribution in [0.25, 0.3) is 106 Å². The maximum absolute atomic E-state index is 8.83. The van der Waals surface area contributed by atoms with Gasteiger partial charge in [0, 0.05) is 31.3 Å². The first kappa shape index (κ1) is 39.7. The normalized spacial score (nSPS) is 13.8. The van der Waals surface area contributed by atoms with E-state index in [2.05, 4.69) is 184 Å². The monoisotopic (exact) mass is 976 g/mol. The number of ether oxygens (including phenoxy) is 1. The molecule has 0 fully saturated rings. The van der Waals surface area contributed by atoms with Crippen LogP contribution in [0.3, 0.4) is 0 Å². The third-order valence-corrected chi connectivity index (χ3v) is 15.0. The highest BCUT2D eigenvalue weighted by atomic mass is 16.5. The van der Waals surface area contributed by atoms with Gasteiger partial charge >= 0.3 is 0 Å². The molecule has 75 heavy (non-hydrogen) atoms. The van der Waals surface area contributed by atoms with Gasteiger partial charge in [0.25, 0.3) is 6.33 Å². The van der Waals surface area contributed by atoms with Crippen molar-refractivity contribution in [3.63, 3.8) is 0 Å². The summed E-state index contributed by atoms with van der Waals surface area (Å²) in [5, 5.41) is 2.18. The van der Waals surface area contributed by atoms with Crippen LogP contribution in [-0.2, 0) is 10.8 Å². The van der Waals surface area contributed by atoms with E-state index >= 15 is 0 Å². The summed E-state index contributed by atoms with van der Waals surface area (Å²) in [6.45, 7) is 7.98. The molecule has 5 heteroatoms. The molecule has 0 aliphatic carbocycles. The van der Waals surface area contributed by atoms with E-state index in [1.165, 1.54) is 29.3 Å². The zero-order valence-corrected chi connectivity index (χ0v) is 42.8.